The van der Waals surface area contributed by atoms with Crippen LogP contribution < -0.4 is 10.1 Å². The average Bonchev–Trinajstić information content (AvgIpc) is 2.93. The van der Waals surface area contributed by atoms with Crippen LogP contribution in [0.4, 0.5) is 13.2 Å². The Morgan fingerprint density at radius 3 is 2.21 bits per heavy atom. The second kappa shape index (κ2) is 13.7. The summed E-state index contributed by atoms with van der Waals surface area (Å²) in [5.41, 5.74) is -3.03. The number of rotatable bonds is 11. The van der Waals surface area contributed by atoms with Gasteiger partial charge in [-0.25, -0.2) is 4.79 Å². The highest BCUT2D eigenvalue weighted by atomic mass is 35.5. The van der Waals surface area contributed by atoms with Crippen molar-refractivity contribution >= 4 is 69.4 Å². The Hall–Kier alpha value is -3.05. The van der Waals surface area contributed by atoms with Crippen LogP contribution in [0.1, 0.15) is 35.3 Å². The predicted octanol–water partition coefficient (Wildman–Crippen LogP) is 9.23. The summed E-state index contributed by atoms with van der Waals surface area (Å²) in [6.07, 6.45) is 0. The molecule has 0 fully saturated rings. The fourth-order valence-electron chi connectivity index (χ4n) is 4.27. The summed E-state index contributed by atoms with van der Waals surface area (Å²) in [6, 6.07) is 20.0. The van der Waals surface area contributed by atoms with Crippen LogP contribution in [0.15, 0.2) is 83.8 Å². The number of fused-ring (bicyclic) bond motifs is 1. The number of carboxylic acid groups (broad SMARTS) is 1. The molecule has 0 aliphatic rings. The first kappa shape index (κ1) is 32.9. The lowest BCUT2D eigenvalue weighted by molar-refractivity contribution is -0.139. The maximum atomic E-state index is 13.6. The van der Waals surface area contributed by atoms with Gasteiger partial charge < -0.3 is 15.2 Å². The molecule has 0 radical (unpaired) electrons. The van der Waals surface area contributed by atoms with E-state index >= 15 is 0 Å². The number of benzene rings is 4. The van der Waals surface area contributed by atoms with Crippen molar-refractivity contribution in [3.05, 3.63) is 106 Å². The smallest absolute Gasteiger partial charge is 0.446 e. The molecule has 226 valence electrons. The number of ether oxygens (including phenoxy) is 1. The topological polar surface area (TPSA) is 75.6 Å². The van der Waals surface area contributed by atoms with Gasteiger partial charge in [0.05, 0.1) is 5.56 Å². The molecule has 4 rings (SSSR count). The average molecular weight is 669 g/mol. The third-order valence-corrected chi connectivity index (χ3v) is 9.39. The SMILES string of the molecule is CC(C)(SCc1c(Cl)cccc1Cl)[C@H](NC(=O)c1ccc2ccccc2c1OCc1ccc(SC(F)(F)F)cc1)C(=O)O. The summed E-state index contributed by atoms with van der Waals surface area (Å²) in [4.78, 5) is 26.1. The number of carbonyl (C=O) groups excluding carboxylic acids is 1. The van der Waals surface area contributed by atoms with Gasteiger partial charge in [0.2, 0.25) is 0 Å². The van der Waals surface area contributed by atoms with Gasteiger partial charge in [0.15, 0.2) is 0 Å². The Morgan fingerprint density at radius 1 is 0.930 bits per heavy atom. The molecule has 0 spiro atoms. The number of aliphatic carboxylic acids is 1. The molecule has 0 heterocycles. The van der Waals surface area contributed by atoms with E-state index in [4.69, 9.17) is 27.9 Å². The Labute approximate surface area is 265 Å². The lowest BCUT2D eigenvalue weighted by Gasteiger charge is -2.32. The van der Waals surface area contributed by atoms with Gasteiger partial charge in [-0.05, 0) is 72.5 Å². The van der Waals surface area contributed by atoms with E-state index < -0.39 is 28.2 Å². The molecule has 5 nitrogen and oxygen atoms in total. The number of halogens is 5. The van der Waals surface area contributed by atoms with Crippen molar-refractivity contribution in [1.82, 2.24) is 5.32 Å². The summed E-state index contributed by atoms with van der Waals surface area (Å²) in [5, 5.41) is 15.1. The van der Waals surface area contributed by atoms with Crippen molar-refractivity contribution in [1.29, 1.82) is 0 Å². The third kappa shape index (κ3) is 8.53. The lowest BCUT2D eigenvalue weighted by atomic mass is 10.0. The number of nitrogens with one attached hydrogen (secondary N) is 1. The molecular weight excluding hydrogens is 642 g/mol. The molecule has 0 aromatic heterocycles. The van der Waals surface area contributed by atoms with E-state index in [0.717, 1.165) is 5.39 Å². The first-order valence-corrected chi connectivity index (χ1v) is 15.4. The van der Waals surface area contributed by atoms with Gasteiger partial charge >= 0.3 is 11.5 Å². The van der Waals surface area contributed by atoms with E-state index in [0.29, 0.717) is 32.3 Å². The van der Waals surface area contributed by atoms with Crippen molar-refractivity contribution in [2.45, 2.75) is 47.4 Å². The molecule has 43 heavy (non-hydrogen) atoms. The van der Waals surface area contributed by atoms with Crippen molar-refractivity contribution in [2.24, 2.45) is 0 Å². The molecule has 2 N–H and O–H groups in total. The summed E-state index contributed by atoms with van der Waals surface area (Å²) in [6.45, 7) is 3.38. The molecule has 4 aromatic rings. The van der Waals surface area contributed by atoms with Gasteiger partial charge in [-0.2, -0.15) is 13.2 Å². The molecule has 0 unspecified atom stereocenters. The molecule has 0 bridgehead atoms. The Morgan fingerprint density at radius 2 is 1.58 bits per heavy atom. The largest absolute Gasteiger partial charge is 0.487 e. The number of hydrogen-bond acceptors (Lipinski definition) is 5. The zero-order valence-electron chi connectivity index (χ0n) is 22.9. The van der Waals surface area contributed by atoms with Crippen LogP contribution in [-0.4, -0.2) is 33.3 Å². The Bertz CT molecular complexity index is 1610. The van der Waals surface area contributed by atoms with Gasteiger partial charge in [0.25, 0.3) is 5.91 Å². The van der Waals surface area contributed by atoms with Crippen LogP contribution in [0.2, 0.25) is 10.0 Å². The van der Waals surface area contributed by atoms with Crippen molar-refractivity contribution in [3.8, 4) is 5.75 Å². The van der Waals surface area contributed by atoms with E-state index in [-0.39, 0.29) is 34.6 Å². The van der Waals surface area contributed by atoms with E-state index in [1.54, 1.807) is 56.3 Å². The van der Waals surface area contributed by atoms with Crippen molar-refractivity contribution in [3.63, 3.8) is 0 Å². The van der Waals surface area contributed by atoms with Crippen LogP contribution in [0.3, 0.4) is 0 Å². The Balaban J connectivity index is 1.57. The molecule has 1 atom stereocenters. The van der Waals surface area contributed by atoms with Gasteiger partial charge in [0.1, 0.15) is 18.4 Å². The fourth-order valence-corrected chi connectivity index (χ4v) is 6.66. The zero-order valence-corrected chi connectivity index (χ0v) is 26.0. The van der Waals surface area contributed by atoms with Crippen molar-refractivity contribution in [2.75, 3.05) is 0 Å². The highest BCUT2D eigenvalue weighted by Crippen LogP contribution is 2.38. The molecule has 0 saturated heterocycles. The molecule has 4 aromatic carbocycles. The van der Waals surface area contributed by atoms with E-state index in [1.165, 1.54) is 36.0 Å². The second-order valence-electron chi connectivity index (χ2n) is 9.98. The fraction of sp³-hybridized carbons (Fsp3) is 0.226. The summed E-state index contributed by atoms with van der Waals surface area (Å²) in [5.74, 6) is -1.34. The summed E-state index contributed by atoms with van der Waals surface area (Å²) in [7, 11) is 0. The van der Waals surface area contributed by atoms with E-state index in [1.807, 2.05) is 12.1 Å². The minimum Gasteiger partial charge on any atom is -0.487 e. The molecular formula is C31H26Cl2F3NO4S2. The molecule has 0 aliphatic carbocycles. The van der Waals surface area contributed by atoms with Gasteiger partial charge in [0, 0.05) is 30.8 Å². The number of thioether (sulfide) groups is 2. The Kier molecular flexibility index (Phi) is 10.5. The normalized spacial score (nSPS) is 12.6. The number of alkyl halides is 3. The minimum absolute atomic E-state index is 0.0342. The van der Waals surface area contributed by atoms with Gasteiger partial charge in [-0.15, -0.1) is 11.8 Å². The third-order valence-electron chi connectivity index (χ3n) is 6.53. The highest BCUT2D eigenvalue weighted by molar-refractivity contribution is 8.00. The number of amides is 1. The van der Waals surface area contributed by atoms with Crippen LogP contribution in [0.25, 0.3) is 10.8 Å². The van der Waals surface area contributed by atoms with Crippen LogP contribution >= 0.6 is 46.7 Å². The standard InChI is InChI=1S/C31H26Cl2F3NO4S2/c1-30(2,42-17-23-24(32)8-5-9-25(23)33)27(29(39)40)37-28(38)22-15-12-19-6-3-4-7-21(19)26(22)41-16-18-10-13-20(14-11-18)43-31(34,35)36/h3-15,27H,16-17H2,1-2H3,(H,37,38)(H,39,40)/t27-/m1/s1. The first-order valence-electron chi connectivity index (χ1n) is 12.8. The van der Waals surface area contributed by atoms with Crippen LogP contribution in [0.5, 0.6) is 5.75 Å². The van der Waals surface area contributed by atoms with Gasteiger partial charge in [-0.3, -0.25) is 4.79 Å². The number of carboxylic acids is 1. The monoisotopic (exact) mass is 667 g/mol. The van der Waals surface area contributed by atoms with Gasteiger partial charge in [-0.1, -0.05) is 71.7 Å². The minimum atomic E-state index is -4.40. The van der Waals surface area contributed by atoms with E-state index in [2.05, 4.69) is 5.32 Å². The predicted molar refractivity (Wildman–Crippen MR) is 167 cm³/mol. The van der Waals surface area contributed by atoms with E-state index in [9.17, 15) is 27.9 Å². The van der Waals surface area contributed by atoms with Crippen LogP contribution in [-0.2, 0) is 17.2 Å². The highest BCUT2D eigenvalue weighted by Gasteiger charge is 2.38. The quantitative estimate of drug-likeness (QED) is 0.155. The lowest BCUT2D eigenvalue weighted by Crippen LogP contribution is -2.52. The second-order valence-corrected chi connectivity index (χ2v) is 13.6. The number of hydrogen-bond donors (Lipinski definition) is 2. The summed E-state index contributed by atoms with van der Waals surface area (Å²) < 4.78 is 43.2. The maximum Gasteiger partial charge on any atom is 0.446 e. The van der Waals surface area contributed by atoms with Crippen molar-refractivity contribution < 1.29 is 32.6 Å². The molecule has 0 aliphatic heterocycles. The first-order chi connectivity index (χ1) is 20.2. The number of carbonyl (C=O) groups is 2. The summed E-state index contributed by atoms with van der Waals surface area (Å²) >= 11 is 13.7. The zero-order chi connectivity index (χ0) is 31.4. The maximum absolute atomic E-state index is 13.6. The molecule has 1 amide bonds. The van der Waals surface area contributed by atoms with Crippen LogP contribution in [0, 0.1) is 0 Å². The molecule has 12 heteroatoms. The molecule has 0 saturated carbocycles.